The van der Waals surface area contributed by atoms with E-state index in [1.165, 1.54) is 12.3 Å². The summed E-state index contributed by atoms with van der Waals surface area (Å²) in [6.07, 6.45) is -3.34. The summed E-state index contributed by atoms with van der Waals surface area (Å²) in [5.41, 5.74) is -0.0551. The molecule has 2 aromatic rings. The average Bonchev–Trinajstić information content (AvgIpc) is 3.13. The lowest BCUT2D eigenvalue weighted by Crippen LogP contribution is -2.36. The molecule has 0 saturated carbocycles. The number of anilines is 1. The Morgan fingerprint density at radius 1 is 1.50 bits per heavy atom. The van der Waals surface area contributed by atoms with Crippen molar-refractivity contribution < 1.29 is 22.4 Å². The fraction of sp³-hybridized carbons (Fsp3) is 0.467. The van der Waals surface area contributed by atoms with Crippen LogP contribution in [0.15, 0.2) is 28.9 Å². The van der Waals surface area contributed by atoms with Crippen LogP contribution in [0, 0.1) is 0 Å². The Bertz CT molecular complexity index is 722. The van der Waals surface area contributed by atoms with Crippen LogP contribution in [0.25, 0.3) is 0 Å². The largest absolute Gasteiger partial charge is 0.467 e. The molecule has 1 amide bonds. The Morgan fingerprint density at radius 2 is 2.25 bits per heavy atom. The van der Waals surface area contributed by atoms with Gasteiger partial charge < -0.3 is 15.1 Å². The van der Waals surface area contributed by atoms with E-state index in [1.807, 2.05) is 0 Å². The molecule has 0 saturated heterocycles. The lowest BCUT2D eigenvalue weighted by Gasteiger charge is -2.32. The van der Waals surface area contributed by atoms with Gasteiger partial charge in [0.25, 0.3) is 5.91 Å². The van der Waals surface area contributed by atoms with Gasteiger partial charge in [0.1, 0.15) is 11.6 Å². The van der Waals surface area contributed by atoms with Gasteiger partial charge in [-0.1, -0.05) is 0 Å². The van der Waals surface area contributed by atoms with Gasteiger partial charge in [0.2, 0.25) is 0 Å². The minimum Gasteiger partial charge on any atom is -0.467 e. The molecule has 9 heteroatoms. The summed E-state index contributed by atoms with van der Waals surface area (Å²) < 4.78 is 46.4. The van der Waals surface area contributed by atoms with E-state index in [9.17, 15) is 18.0 Å². The van der Waals surface area contributed by atoms with Gasteiger partial charge in [-0.15, -0.1) is 0 Å². The average molecular weight is 342 g/mol. The third kappa shape index (κ3) is 3.10. The molecular formula is C15H17F3N4O2. The number of hydrogen-bond donors (Lipinski definition) is 2. The SMILES string of the molecule is CC(C)NC(=O)c1cc2n(n1)[C@@H](C(F)(F)F)C[C@@H](c1ccco1)N2. The summed E-state index contributed by atoms with van der Waals surface area (Å²) in [7, 11) is 0. The first-order valence-electron chi connectivity index (χ1n) is 7.52. The number of aromatic nitrogens is 2. The van der Waals surface area contributed by atoms with Crippen LogP contribution >= 0.6 is 0 Å². The van der Waals surface area contributed by atoms with Gasteiger partial charge in [-0.05, 0) is 26.0 Å². The van der Waals surface area contributed by atoms with Crippen LogP contribution in [0.1, 0.15) is 48.6 Å². The van der Waals surface area contributed by atoms with Crippen molar-refractivity contribution in [2.45, 2.75) is 44.6 Å². The van der Waals surface area contributed by atoms with E-state index in [-0.39, 0.29) is 24.0 Å². The number of carbonyl (C=O) groups is 1. The highest BCUT2D eigenvalue weighted by Gasteiger charge is 2.47. The first-order chi connectivity index (χ1) is 11.3. The maximum Gasteiger partial charge on any atom is 0.410 e. The van der Waals surface area contributed by atoms with E-state index in [0.717, 1.165) is 4.68 Å². The zero-order chi connectivity index (χ0) is 17.5. The molecule has 24 heavy (non-hydrogen) atoms. The van der Waals surface area contributed by atoms with Crippen molar-refractivity contribution in [3.63, 3.8) is 0 Å². The van der Waals surface area contributed by atoms with Gasteiger partial charge in [-0.3, -0.25) is 4.79 Å². The number of alkyl halides is 3. The Labute approximate surface area is 136 Å². The second-order valence-electron chi connectivity index (χ2n) is 5.99. The third-order valence-electron chi connectivity index (χ3n) is 3.73. The molecule has 3 rings (SSSR count). The highest BCUT2D eigenvalue weighted by molar-refractivity contribution is 5.93. The standard InChI is InChI=1S/C15H17F3N4O2/c1-8(2)19-14(23)10-7-13-20-9(11-4-3-5-24-11)6-12(15(16,17)18)22(13)21-10/h3-5,7-9,12,20H,6H2,1-2H3,(H,19,23)/t9-,12+/m0/s1. The molecule has 2 N–H and O–H groups in total. The van der Waals surface area contributed by atoms with Crippen LogP contribution in [0.3, 0.4) is 0 Å². The molecule has 3 heterocycles. The van der Waals surface area contributed by atoms with Crippen molar-refractivity contribution >= 4 is 11.7 Å². The van der Waals surface area contributed by atoms with Crippen LogP contribution in [0.5, 0.6) is 0 Å². The topological polar surface area (TPSA) is 72.1 Å². The van der Waals surface area contributed by atoms with Gasteiger partial charge in [0.05, 0.1) is 12.3 Å². The van der Waals surface area contributed by atoms with Crippen molar-refractivity contribution in [2.24, 2.45) is 0 Å². The lowest BCUT2D eigenvalue weighted by atomic mass is 10.0. The van der Waals surface area contributed by atoms with Gasteiger partial charge in [0, 0.05) is 18.5 Å². The molecule has 0 aliphatic carbocycles. The summed E-state index contributed by atoms with van der Waals surface area (Å²) in [6.45, 7) is 3.52. The molecule has 2 aromatic heterocycles. The second kappa shape index (κ2) is 5.88. The van der Waals surface area contributed by atoms with E-state index in [1.54, 1.807) is 26.0 Å². The van der Waals surface area contributed by atoms with E-state index >= 15 is 0 Å². The first kappa shape index (κ1) is 16.4. The highest BCUT2D eigenvalue weighted by Crippen LogP contribution is 2.43. The number of halogens is 3. The molecule has 1 aliphatic rings. The fourth-order valence-electron chi connectivity index (χ4n) is 2.70. The summed E-state index contributed by atoms with van der Waals surface area (Å²) in [5, 5.41) is 9.43. The number of hydrogen-bond acceptors (Lipinski definition) is 4. The molecule has 0 bridgehead atoms. The smallest absolute Gasteiger partial charge is 0.410 e. The van der Waals surface area contributed by atoms with Crippen LogP contribution in [0.4, 0.5) is 19.0 Å². The molecule has 0 aromatic carbocycles. The van der Waals surface area contributed by atoms with Crippen LogP contribution in [-0.4, -0.2) is 27.9 Å². The molecule has 6 nitrogen and oxygen atoms in total. The number of carbonyl (C=O) groups excluding carboxylic acids is 1. The van der Waals surface area contributed by atoms with Crippen molar-refractivity contribution in [1.29, 1.82) is 0 Å². The Morgan fingerprint density at radius 3 is 2.83 bits per heavy atom. The van der Waals surface area contributed by atoms with Crippen LogP contribution < -0.4 is 10.6 Å². The lowest BCUT2D eigenvalue weighted by molar-refractivity contribution is -0.174. The van der Waals surface area contributed by atoms with Gasteiger partial charge in [-0.25, -0.2) is 4.68 Å². The number of nitrogens with zero attached hydrogens (tertiary/aromatic N) is 2. The zero-order valence-corrected chi connectivity index (χ0v) is 13.1. The summed E-state index contributed by atoms with van der Waals surface area (Å²) in [5.74, 6) is 0.0351. The summed E-state index contributed by atoms with van der Waals surface area (Å²) >= 11 is 0. The molecule has 2 atom stereocenters. The molecule has 1 aliphatic heterocycles. The predicted octanol–water partition coefficient (Wildman–Crippen LogP) is 3.27. The fourth-order valence-corrected chi connectivity index (χ4v) is 2.70. The molecule has 130 valence electrons. The van der Waals surface area contributed by atoms with Crippen molar-refractivity contribution in [3.05, 3.63) is 35.9 Å². The first-order valence-corrected chi connectivity index (χ1v) is 7.52. The highest BCUT2D eigenvalue weighted by atomic mass is 19.4. The van der Waals surface area contributed by atoms with Crippen LogP contribution in [0.2, 0.25) is 0 Å². The van der Waals surface area contributed by atoms with Gasteiger partial charge >= 0.3 is 6.18 Å². The summed E-state index contributed by atoms with van der Waals surface area (Å²) in [4.78, 5) is 12.0. The Balaban J connectivity index is 1.95. The third-order valence-corrected chi connectivity index (χ3v) is 3.73. The second-order valence-corrected chi connectivity index (χ2v) is 5.99. The van der Waals surface area contributed by atoms with E-state index in [4.69, 9.17) is 4.42 Å². The minimum atomic E-state index is -4.49. The maximum atomic E-state index is 13.4. The van der Waals surface area contributed by atoms with Crippen molar-refractivity contribution in [3.8, 4) is 0 Å². The number of nitrogens with one attached hydrogen (secondary N) is 2. The Hall–Kier alpha value is -2.45. The number of fused-ring (bicyclic) bond motifs is 1. The monoisotopic (exact) mass is 342 g/mol. The minimum absolute atomic E-state index is 0.0551. The molecule has 0 unspecified atom stereocenters. The summed E-state index contributed by atoms with van der Waals surface area (Å²) in [6, 6.07) is 1.95. The maximum absolute atomic E-state index is 13.4. The van der Waals surface area contributed by atoms with E-state index in [0.29, 0.717) is 5.76 Å². The van der Waals surface area contributed by atoms with Gasteiger partial charge in [0.15, 0.2) is 11.7 Å². The molecular weight excluding hydrogens is 325 g/mol. The zero-order valence-electron chi connectivity index (χ0n) is 13.1. The van der Waals surface area contributed by atoms with Gasteiger partial charge in [-0.2, -0.15) is 18.3 Å². The Kier molecular flexibility index (Phi) is 4.02. The normalized spacial score (nSPS) is 20.6. The molecule has 0 fully saturated rings. The van der Waals surface area contributed by atoms with E-state index in [2.05, 4.69) is 15.7 Å². The number of amides is 1. The molecule has 0 radical (unpaired) electrons. The van der Waals surface area contributed by atoms with Crippen molar-refractivity contribution in [1.82, 2.24) is 15.1 Å². The number of furan rings is 1. The molecule has 0 spiro atoms. The number of rotatable bonds is 3. The quantitative estimate of drug-likeness (QED) is 0.898. The van der Waals surface area contributed by atoms with E-state index < -0.39 is 24.2 Å². The predicted molar refractivity (Wildman–Crippen MR) is 79.6 cm³/mol. The van der Waals surface area contributed by atoms with Crippen LogP contribution in [-0.2, 0) is 0 Å². The van der Waals surface area contributed by atoms with Crippen molar-refractivity contribution in [2.75, 3.05) is 5.32 Å².